The molecule has 1 amide bonds. The molecule has 68 heavy (non-hydrogen) atoms. The van der Waals surface area contributed by atoms with Gasteiger partial charge in [0, 0.05) is 12.8 Å². The number of amides is 1. The first-order valence-corrected chi connectivity index (χ1v) is 30.9. The molecule has 0 aliphatic rings. The van der Waals surface area contributed by atoms with Crippen molar-refractivity contribution < 1.29 is 24.5 Å². The third-order valence-electron chi connectivity index (χ3n) is 14.6. The number of allylic oxidation sites excluding steroid dienone is 2. The summed E-state index contributed by atoms with van der Waals surface area (Å²) >= 11 is 0. The zero-order valence-corrected chi connectivity index (χ0v) is 46.1. The maximum atomic E-state index is 12.5. The van der Waals surface area contributed by atoms with Gasteiger partial charge in [-0.2, -0.15) is 0 Å². The summed E-state index contributed by atoms with van der Waals surface area (Å²) < 4.78 is 5.47. The molecule has 0 heterocycles. The quantitative estimate of drug-likeness (QED) is 0.0321. The second-order valence-electron chi connectivity index (χ2n) is 21.4. The standard InChI is InChI=1S/C62H121NO5/c1-3-5-7-9-11-13-15-17-19-20-21-22-23-24-25-26-27-28-30-31-34-38-42-46-50-54-60(65)59(58-64)63-61(66)55-51-47-43-39-35-33-37-41-45-49-53-57-68-62(67)56-52-48-44-40-36-32-29-18-16-14-12-10-8-6-4-2/h18,29,59-60,64-65H,3-17,19-28,30-58H2,1-2H3,(H,63,66)/b29-18-. The Morgan fingerprint density at radius 3 is 1.04 bits per heavy atom. The summed E-state index contributed by atoms with van der Waals surface area (Å²) in [5.41, 5.74) is 0. The van der Waals surface area contributed by atoms with Gasteiger partial charge < -0.3 is 20.3 Å². The van der Waals surface area contributed by atoms with E-state index in [1.807, 2.05) is 0 Å². The van der Waals surface area contributed by atoms with Crippen molar-refractivity contribution in [2.75, 3.05) is 13.2 Å². The van der Waals surface area contributed by atoms with E-state index in [9.17, 15) is 19.8 Å². The van der Waals surface area contributed by atoms with Gasteiger partial charge >= 0.3 is 5.97 Å². The summed E-state index contributed by atoms with van der Waals surface area (Å²) in [6, 6.07) is -0.557. The Morgan fingerprint density at radius 1 is 0.397 bits per heavy atom. The summed E-state index contributed by atoms with van der Waals surface area (Å²) in [6.07, 6.45) is 69.3. The second kappa shape index (κ2) is 58.2. The summed E-state index contributed by atoms with van der Waals surface area (Å²) in [5.74, 6) is -0.0699. The lowest BCUT2D eigenvalue weighted by Crippen LogP contribution is -2.45. The topological polar surface area (TPSA) is 95.9 Å². The van der Waals surface area contributed by atoms with Crippen LogP contribution in [0.4, 0.5) is 0 Å². The van der Waals surface area contributed by atoms with Gasteiger partial charge in [-0.1, -0.05) is 296 Å². The first-order valence-electron chi connectivity index (χ1n) is 30.9. The van der Waals surface area contributed by atoms with Crippen LogP contribution >= 0.6 is 0 Å². The molecule has 0 aliphatic heterocycles. The maximum Gasteiger partial charge on any atom is 0.305 e. The van der Waals surface area contributed by atoms with E-state index in [0.29, 0.717) is 25.9 Å². The molecular weight excluding hydrogens is 839 g/mol. The monoisotopic (exact) mass is 960 g/mol. The van der Waals surface area contributed by atoms with Crippen LogP contribution in [-0.4, -0.2) is 47.4 Å². The van der Waals surface area contributed by atoms with E-state index in [1.54, 1.807) is 0 Å². The van der Waals surface area contributed by atoms with Crippen molar-refractivity contribution in [1.29, 1.82) is 0 Å². The third-order valence-corrected chi connectivity index (χ3v) is 14.6. The highest BCUT2D eigenvalue weighted by atomic mass is 16.5. The first kappa shape index (κ1) is 66.6. The molecule has 0 fully saturated rings. The van der Waals surface area contributed by atoms with Crippen molar-refractivity contribution in [3.63, 3.8) is 0 Å². The highest BCUT2D eigenvalue weighted by Crippen LogP contribution is 2.18. The fourth-order valence-electron chi connectivity index (χ4n) is 9.81. The zero-order valence-electron chi connectivity index (χ0n) is 46.1. The van der Waals surface area contributed by atoms with Crippen LogP contribution in [0.2, 0.25) is 0 Å². The number of ether oxygens (including phenoxy) is 1. The Labute approximate surface area is 425 Å². The van der Waals surface area contributed by atoms with Gasteiger partial charge in [-0.15, -0.1) is 0 Å². The van der Waals surface area contributed by atoms with Gasteiger partial charge in [0.25, 0.3) is 0 Å². The molecule has 404 valence electrons. The van der Waals surface area contributed by atoms with E-state index in [0.717, 1.165) is 57.8 Å². The lowest BCUT2D eigenvalue weighted by molar-refractivity contribution is -0.143. The molecule has 2 unspecified atom stereocenters. The number of aliphatic hydroxyl groups is 2. The average Bonchev–Trinajstić information content (AvgIpc) is 3.34. The van der Waals surface area contributed by atoms with Crippen LogP contribution in [0.3, 0.4) is 0 Å². The summed E-state index contributed by atoms with van der Waals surface area (Å²) in [4.78, 5) is 24.6. The predicted octanol–water partition coefficient (Wildman–Crippen LogP) is 19.2. The van der Waals surface area contributed by atoms with Crippen LogP contribution in [-0.2, 0) is 14.3 Å². The highest BCUT2D eigenvalue weighted by Gasteiger charge is 2.20. The molecule has 0 aromatic carbocycles. The van der Waals surface area contributed by atoms with Crippen LogP contribution in [0.15, 0.2) is 12.2 Å². The molecule has 3 N–H and O–H groups in total. The predicted molar refractivity (Wildman–Crippen MR) is 297 cm³/mol. The zero-order chi connectivity index (χ0) is 49.3. The Kier molecular flexibility index (Phi) is 57.0. The van der Waals surface area contributed by atoms with Gasteiger partial charge in [0.15, 0.2) is 0 Å². The van der Waals surface area contributed by atoms with Gasteiger partial charge in [-0.05, 0) is 51.4 Å². The maximum absolute atomic E-state index is 12.5. The van der Waals surface area contributed by atoms with Crippen molar-refractivity contribution in [2.45, 2.75) is 360 Å². The van der Waals surface area contributed by atoms with E-state index in [1.165, 1.54) is 257 Å². The van der Waals surface area contributed by atoms with Gasteiger partial charge in [0.05, 0.1) is 25.4 Å². The van der Waals surface area contributed by atoms with Crippen molar-refractivity contribution in [2.24, 2.45) is 0 Å². The molecule has 0 aliphatic carbocycles. The number of unbranched alkanes of at least 4 members (excludes halogenated alkanes) is 45. The Hall–Kier alpha value is -1.40. The SMILES string of the molecule is CCCCCCCC/C=C\CCCCCCCC(=O)OCCCCCCCCCCCCCC(=O)NC(CO)C(O)CCCCCCCCCCCCCCCCCCCCCCCCCCC. The Morgan fingerprint density at radius 2 is 0.691 bits per heavy atom. The molecule has 6 nitrogen and oxygen atoms in total. The molecule has 2 atom stereocenters. The molecule has 0 aromatic rings. The minimum atomic E-state index is -0.678. The first-order chi connectivity index (χ1) is 33.5. The molecular formula is C62H121NO5. The average molecular weight is 961 g/mol. The number of aliphatic hydroxyl groups excluding tert-OH is 2. The third kappa shape index (κ3) is 53.9. The smallest absolute Gasteiger partial charge is 0.305 e. The molecule has 0 bridgehead atoms. The van der Waals surface area contributed by atoms with Gasteiger partial charge in [-0.25, -0.2) is 0 Å². The number of esters is 1. The Balaban J connectivity index is 3.44. The molecule has 0 saturated carbocycles. The van der Waals surface area contributed by atoms with Gasteiger partial charge in [-0.3, -0.25) is 9.59 Å². The number of carbonyl (C=O) groups excluding carboxylic acids is 2. The van der Waals surface area contributed by atoms with Gasteiger partial charge in [0.2, 0.25) is 5.91 Å². The summed E-state index contributed by atoms with van der Waals surface area (Å²) in [7, 11) is 0. The van der Waals surface area contributed by atoms with Crippen molar-refractivity contribution >= 4 is 11.9 Å². The van der Waals surface area contributed by atoms with E-state index < -0.39 is 12.1 Å². The van der Waals surface area contributed by atoms with Crippen LogP contribution in [0.5, 0.6) is 0 Å². The largest absolute Gasteiger partial charge is 0.466 e. The number of carbonyl (C=O) groups is 2. The molecule has 0 rings (SSSR count). The lowest BCUT2D eigenvalue weighted by atomic mass is 10.0. The number of rotatable bonds is 58. The van der Waals surface area contributed by atoms with Crippen molar-refractivity contribution in [1.82, 2.24) is 5.32 Å². The van der Waals surface area contributed by atoms with Crippen LogP contribution in [0, 0.1) is 0 Å². The summed E-state index contributed by atoms with van der Waals surface area (Å²) in [6.45, 7) is 4.93. The van der Waals surface area contributed by atoms with Crippen molar-refractivity contribution in [3.05, 3.63) is 12.2 Å². The number of nitrogens with one attached hydrogen (secondary N) is 1. The molecule has 0 saturated heterocycles. The Bertz CT molecular complexity index is 1020. The van der Waals surface area contributed by atoms with E-state index in [-0.39, 0.29) is 18.5 Å². The lowest BCUT2D eigenvalue weighted by Gasteiger charge is -2.22. The van der Waals surface area contributed by atoms with Crippen LogP contribution in [0.25, 0.3) is 0 Å². The van der Waals surface area contributed by atoms with E-state index >= 15 is 0 Å². The fourth-order valence-corrected chi connectivity index (χ4v) is 9.81. The second-order valence-corrected chi connectivity index (χ2v) is 21.4. The van der Waals surface area contributed by atoms with Crippen molar-refractivity contribution in [3.8, 4) is 0 Å². The van der Waals surface area contributed by atoms with E-state index in [4.69, 9.17) is 4.74 Å². The minimum absolute atomic E-state index is 0.0200. The summed E-state index contributed by atoms with van der Waals surface area (Å²) in [5, 5.41) is 23.4. The fraction of sp³-hybridized carbons (Fsp3) is 0.935. The van der Waals surface area contributed by atoms with Crippen LogP contribution in [0.1, 0.15) is 348 Å². The number of hydrogen-bond donors (Lipinski definition) is 3. The van der Waals surface area contributed by atoms with Crippen LogP contribution < -0.4 is 5.32 Å². The minimum Gasteiger partial charge on any atom is -0.466 e. The highest BCUT2D eigenvalue weighted by molar-refractivity contribution is 5.76. The normalized spacial score (nSPS) is 12.6. The molecule has 0 aromatic heterocycles. The molecule has 6 heteroatoms. The number of hydrogen-bond acceptors (Lipinski definition) is 5. The van der Waals surface area contributed by atoms with Gasteiger partial charge in [0.1, 0.15) is 0 Å². The van der Waals surface area contributed by atoms with E-state index in [2.05, 4.69) is 31.3 Å². The molecule has 0 radical (unpaired) electrons. The molecule has 0 spiro atoms.